The summed E-state index contributed by atoms with van der Waals surface area (Å²) in [6.45, 7) is 16.9. The molecule has 0 amide bonds. The molecular formula is C21H34O7. The van der Waals surface area contributed by atoms with Crippen LogP contribution in [-0.2, 0) is 28.4 Å². The molecule has 0 aromatic carbocycles. The maximum atomic E-state index is 9.84. The van der Waals surface area contributed by atoms with Crippen molar-refractivity contribution in [3.8, 4) is 0 Å². The minimum atomic E-state index is -0.657. The number of aliphatic hydroxyl groups excluding tert-OH is 1. The fourth-order valence-electron chi connectivity index (χ4n) is 4.08. The summed E-state index contributed by atoms with van der Waals surface area (Å²) in [5.41, 5.74) is 0. The van der Waals surface area contributed by atoms with Crippen LogP contribution in [0.25, 0.3) is 0 Å². The number of hydrogen-bond donors (Lipinski definition) is 1. The van der Waals surface area contributed by atoms with Crippen LogP contribution in [0.1, 0.15) is 47.5 Å². The molecule has 0 aromatic heterocycles. The maximum Gasteiger partial charge on any atom is 0.190 e. The molecule has 8 atom stereocenters. The van der Waals surface area contributed by atoms with E-state index in [1.54, 1.807) is 6.08 Å². The van der Waals surface area contributed by atoms with Gasteiger partial charge in [-0.15, -0.1) is 13.2 Å². The van der Waals surface area contributed by atoms with E-state index < -0.39 is 24.0 Å². The standard InChI is InChI=1S/C11H18O3.C10H16O4/c1-5-6-8-7(2)9-10(12-8)14-11(3,4)13-9;1-4-5-6-7(11)8-9(12-6)14-10(2,3)13-8/h5,7-10H,1,6H2,2-4H3;4,6-9,11H,1,5H2,2-3H3/t7-,8+,9+,10+;6-,7+,8-,9-/m01/s1. The Morgan fingerprint density at radius 3 is 1.75 bits per heavy atom. The van der Waals surface area contributed by atoms with Crippen LogP contribution in [-0.4, -0.2) is 59.8 Å². The molecule has 0 aromatic rings. The highest BCUT2D eigenvalue weighted by Gasteiger charge is 2.54. The molecule has 0 bridgehead atoms. The third-order valence-electron chi connectivity index (χ3n) is 5.41. The van der Waals surface area contributed by atoms with Crippen molar-refractivity contribution in [3.63, 3.8) is 0 Å². The van der Waals surface area contributed by atoms with Crippen LogP contribution < -0.4 is 0 Å². The Morgan fingerprint density at radius 1 is 0.786 bits per heavy atom. The summed E-state index contributed by atoms with van der Waals surface area (Å²) < 4.78 is 33.7. The Morgan fingerprint density at radius 2 is 1.25 bits per heavy atom. The molecule has 0 aliphatic carbocycles. The van der Waals surface area contributed by atoms with E-state index in [9.17, 15) is 5.11 Å². The summed E-state index contributed by atoms with van der Waals surface area (Å²) in [7, 11) is 0. The van der Waals surface area contributed by atoms with Gasteiger partial charge in [0.05, 0.1) is 12.2 Å². The molecule has 4 aliphatic rings. The maximum absolute atomic E-state index is 9.84. The smallest absolute Gasteiger partial charge is 0.190 e. The van der Waals surface area contributed by atoms with Gasteiger partial charge in [0.25, 0.3) is 0 Å². The van der Waals surface area contributed by atoms with Gasteiger partial charge in [0, 0.05) is 5.92 Å². The Bertz CT molecular complexity index is 525. The SMILES string of the molecule is C=CC[C@H]1O[C@@H]2OC(C)(C)O[C@@H]2[C@H]1C.C=CC[C@H]1O[C@@H]2OC(C)(C)O[C@@H]2[C@H]1O. The number of ether oxygens (including phenoxy) is 6. The van der Waals surface area contributed by atoms with E-state index in [2.05, 4.69) is 20.1 Å². The molecule has 0 saturated carbocycles. The fourth-order valence-corrected chi connectivity index (χ4v) is 4.08. The minimum Gasteiger partial charge on any atom is -0.387 e. The molecule has 7 heteroatoms. The average molecular weight is 398 g/mol. The lowest BCUT2D eigenvalue weighted by Crippen LogP contribution is -2.34. The van der Waals surface area contributed by atoms with Crippen LogP contribution in [0.4, 0.5) is 0 Å². The van der Waals surface area contributed by atoms with Crippen LogP contribution in [0.15, 0.2) is 25.3 Å². The van der Waals surface area contributed by atoms with Crippen molar-refractivity contribution in [3.05, 3.63) is 25.3 Å². The van der Waals surface area contributed by atoms with Crippen molar-refractivity contribution in [1.29, 1.82) is 0 Å². The molecule has 4 rings (SSSR count). The van der Waals surface area contributed by atoms with Gasteiger partial charge < -0.3 is 33.5 Å². The van der Waals surface area contributed by atoms with Gasteiger partial charge >= 0.3 is 0 Å². The monoisotopic (exact) mass is 398 g/mol. The molecule has 160 valence electrons. The van der Waals surface area contributed by atoms with Gasteiger partial charge in [0.15, 0.2) is 24.2 Å². The number of aliphatic hydroxyl groups is 1. The first-order chi connectivity index (χ1) is 13.1. The molecular weight excluding hydrogens is 364 g/mol. The van der Waals surface area contributed by atoms with Crippen molar-refractivity contribution in [2.24, 2.45) is 5.92 Å². The highest BCUT2D eigenvalue weighted by Crippen LogP contribution is 2.41. The summed E-state index contributed by atoms with van der Waals surface area (Å²) in [4.78, 5) is 0. The first-order valence-corrected chi connectivity index (χ1v) is 9.99. The summed E-state index contributed by atoms with van der Waals surface area (Å²) in [5.74, 6) is -0.780. The highest BCUT2D eigenvalue weighted by molar-refractivity contribution is 4.95. The third kappa shape index (κ3) is 4.51. The topological polar surface area (TPSA) is 75.6 Å². The van der Waals surface area contributed by atoms with Gasteiger partial charge in [0.1, 0.15) is 18.3 Å². The van der Waals surface area contributed by atoms with E-state index in [4.69, 9.17) is 28.4 Å². The van der Waals surface area contributed by atoms with Gasteiger partial charge in [-0.2, -0.15) is 0 Å². The zero-order chi connectivity index (χ0) is 20.7. The quantitative estimate of drug-likeness (QED) is 0.730. The Hall–Kier alpha value is -0.800. The zero-order valence-corrected chi connectivity index (χ0v) is 17.5. The van der Waals surface area contributed by atoms with E-state index in [0.717, 1.165) is 6.42 Å². The molecule has 4 saturated heterocycles. The first-order valence-electron chi connectivity index (χ1n) is 9.99. The molecule has 0 spiro atoms. The summed E-state index contributed by atoms with van der Waals surface area (Å²) in [6.07, 6.45) is 3.48. The highest BCUT2D eigenvalue weighted by atomic mass is 16.8. The van der Waals surface area contributed by atoms with E-state index in [0.29, 0.717) is 12.3 Å². The van der Waals surface area contributed by atoms with Crippen molar-refractivity contribution >= 4 is 0 Å². The summed E-state index contributed by atoms with van der Waals surface area (Å²) >= 11 is 0. The molecule has 28 heavy (non-hydrogen) atoms. The van der Waals surface area contributed by atoms with Crippen LogP contribution in [0, 0.1) is 5.92 Å². The molecule has 7 nitrogen and oxygen atoms in total. The van der Waals surface area contributed by atoms with Crippen molar-refractivity contribution in [2.45, 2.75) is 102 Å². The van der Waals surface area contributed by atoms with Gasteiger partial charge in [-0.1, -0.05) is 19.1 Å². The van der Waals surface area contributed by atoms with Crippen LogP contribution >= 0.6 is 0 Å². The molecule has 4 fully saturated rings. The second kappa shape index (κ2) is 8.14. The summed E-state index contributed by atoms with van der Waals surface area (Å²) in [5, 5.41) is 9.84. The van der Waals surface area contributed by atoms with Gasteiger partial charge in [-0.25, -0.2) is 0 Å². The molecule has 0 unspecified atom stereocenters. The Balaban J connectivity index is 0.000000161. The van der Waals surface area contributed by atoms with Crippen molar-refractivity contribution in [2.75, 3.05) is 0 Å². The van der Waals surface area contributed by atoms with E-state index >= 15 is 0 Å². The predicted molar refractivity (Wildman–Crippen MR) is 102 cm³/mol. The van der Waals surface area contributed by atoms with Crippen LogP contribution in [0.3, 0.4) is 0 Å². The second-order valence-corrected chi connectivity index (χ2v) is 8.68. The largest absolute Gasteiger partial charge is 0.387 e. The predicted octanol–water partition coefficient (Wildman–Crippen LogP) is 2.87. The normalized spacial score (nSPS) is 45.1. The number of fused-ring (bicyclic) bond motifs is 2. The van der Waals surface area contributed by atoms with Crippen molar-refractivity contribution < 1.29 is 33.5 Å². The molecule has 1 N–H and O–H groups in total. The van der Waals surface area contributed by atoms with Crippen LogP contribution in [0.2, 0.25) is 0 Å². The average Bonchev–Trinajstić information content (AvgIpc) is 3.23. The van der Waals surface area contributed by atoms with E-state index in [1.165, 1.54) is 0 Å². The fraction of sp³-hybridized carbons (Fsp3) is 0.810. The van der Waals surface area contributed by atoms with Crippen LogP contribution in [0.5, 0.6) is 0 Å². The Labute approximate surface area is 167 Å². The van der Waals surface area contributed by atoms with E-state index in [-0.39, 0.29) is 30.7 Å². The second-order valence-electron chi connectivity index (χ2n) is 8.68. The number of rotatable bonds is 4. The number of hydrogen-bond acceptors (Lipinski definition) is 7. The molecule has 4 heterocycles. The Kier molecular flexibility index (Phi) is 6.37. The van der Waals surface area contributed by atoms with Gasteiger partial charge in [0.2, 0.25) is 0 Å². The van der Waals surface area contributed by atoms with Crippen molar-refractivity contribution in [1.82, 2.24) is 0 Å². The summed E-state index contributed by atoms with van der Waals surface area (Å²) in [6, 6.07) is 0. The lowest BCUT2D eigenvalue weighted by atomic mass is 9.99. The third-order valence-corrected chi connectivity index (χ3v) is 5.41. The van der Waals surface area contributed by atoms with Gasteiger partial charge in [-0.05, 0) is 40.5 Å². The van der Waals surface area contributed by atoms with Gasteiger partial charge in [-0.3, -0.25) is 0 Å². The molecule has 0 radical (unpaired) electrons. The van der Waals surface area contributed by atoms with E-state index in [1.807, 2.05) is 33.8 Å². The lowest BCUT2D eigenvalue weighted by Gasteiger charge is -2.22. The molecule has 4 aliphatic heterocycles. The lowest BCUT2D eigenvalue weighted by molar-refractivity contribution is -0.214. The minimum absolute atomic E-state index is 0.0787. The first kappa shape index (κ1) is 21.9. The zero-order valence-electron chi connectivity index (χ0n) is 17.5.